The summed E-state index contributed by atoms with van der Waals surface area (Å²) in [7, 11) is -3.81. The van der Waals surface area contributed by atoms with E-state index in [9.17, 15) is 18.0 Å². The molecule has 2 aliphatic heterocycles. The highest BCUT2D eigenvalue weighted by Gasteiger charge is 2.29. The van der Waals surface area contributed by atoms with Gasteiger partial charge in [-0.1, -0.05) is 24.3 Å². The highest BCUT2D eigenvalue weighted by Crippen LogP contribution is 2.26. The summed E-state index contributed by atoms with van der Waals surface area (Å²) in [5.41, 5.74) is 2.36. The van der Waals surface area contributed by atoms with E-state index in [1.54, 1.807) is 23.2 Å². The van der Waals surface area contributed by atoms with Crippen LogP contribution in [0.5, 0.6) is 0 Å². The maximum atomic E-state index is 13.5. The molecule has 1 fully saturated rings. The Hall–Kier alpha value is -3.01. The topological polar surface area (TPSA) is 88.9 Å². The maximum absolute atomic E-state index is 13.5. The SMILES string of the molecule is CCn1cc(C(=O)N2CCOCC2)c(=O)c2cc(S(=O)(=O)N3CCc4ccccc4C3)ccc21. The van der Waals surface area contributed by atoms with Crippen molar-refractivity contribution >= 4 is 26.8 Å². The summed E-state index contributed by atoms with van der Waals surface area (Å²) < 4.78 is 35.6. The number of rotatable bonds is 4. The minimum atomic E-state index is -3.81. The van der Waals surface area contributed by atoms with Gasteiger partial charge in [-0.2, -0.15) is 4.31 Å². The number of aromatic nitrogens is 1. The van der Waals surface area contributed by atoms with Crippen molar-refractivity contribution in [2.45, 2.75) is 31.3 Å². The summed E-state index contributed by atoms with van der Waals surface area (Å²) in [4.78, 5) is 28.2. The molecule has 0 bridgehead atoms. The zero-order valence-electron chi connectivity index (χ0n) is 19.1. The molecule has 1 saturated heterocycles. The van der Waals surface area contributed by atoms with E-state index < -0.39 is 15.5 Å². The van der Waals surface area contributed by atoms with Gasteiger partial charge in [0, 0.05) is 44.3 Å². The molecule has 2 aromatic carbocycles. The fraction of sp³-hybridized carbons (Fsp3) is 0.360. The largest absolute Gasteiger partial charge is 0.378 e. The molecule has 178 valence electrons. The van der Waals surface area contributed by atoms with Crippen LogP contribution in [0.25, 0.3) is 10.9 Å². The number of amides is 1. The molecule has 0 N–H and O–H groups in total. The number of aryl methyl sites for hydroxylation is 1. The monoisotopic (exact) mass is 481 g/mol. The Labute approximate surface area is 198 Å². The van der Waals surface area contributed by atoms with E-state index >= 15 is 0 Å². The number of morpholine rings is 1. The summed E-state index contributed by atoms with van der Waals surface area (Å²) in [5, 5.41) is 0.236. The van der Waals surface area contributed by atoms with Crippen molar-refractivity contribution in [2.24, 2.45) is 0 Å². The van der Waals surface area contributed by atoms with Crippen LogP contribution in [-0.4, -0.2) is 60.9 Å². The molecule has 0 saturated carbocycles. The quantitative estimate of drug-likeness (QED) is 0.570. The molecule has 1 aromatic heterocycles. The second-order valence-electron chi connectivity index (χ2n) is 8.60. The van der Waals surface area contributed by atoms with Gasteiger partial charge in [0.25, 0.3) is 5.91 Å². The first kappa shape index (κ1) is 22.8. The molecule has 5 rings (SSSR count). The Balaban J connectivity index is 1.56. The van der Waals surface area contributed by atoms with E-state index in [4.69, 9.17) is 4.74 Å². The van der Waals surface area contributed by atoms with Crippen LogP contribution >= 0.6 is 0 Å². The van der Waals surface area contributed by atoms with E-state index in [-0.39, 0.29) is 21.8 Å². The minimum Gasteiger partial charge on any atom is -0.378 e. The van der Waals surface area contributed by atoms with Crippen LogP contribution in [0.15, 0.2) is 58.4 Å². The van der Waals surface area contributed by atoms with Gasteiger partial charge in [-0.25, -0.2) is 8.42 Å². The second-order valence-corrected chi connectivity index (χ2v) is 10.5. The third kappa shape index (κ3) is 3.93. The first-order valence-electron chi connectivity index (χ1n) is 11.5. The molecule has 1 amide bonds. The molecule has 2 aliphatic rings. The summed E-state index contributed by atoms with van der Waals surface area (Å²) in [6.45, 7) is 4.85. The second kappa shape index (κ2) is 8.98. The third-order valence-electron chi connectivity index (χ3n) is 6.65. The highest BCUT2D eigenvalue weighted by molar-refractivity contribution is 7.89. The van der Waals surface area contributed by atoms with E-state index in [1.165, 1.54) is 10.4 Å². The molecule has 3 aromatic rings. The number of hydrogen-bond donors (Lipinski definition) is 0. The normalized spacial score (nSPS) is 17.0. The number of ether oxygens (including phenoxy) is 1. The van der Waals surface area contributed by atoms with Crippen molar-refractivity contribution in [2.75, 3.05) is 32.8 Å². The van der Waals surface area contributed by atoms with Crippen LogP contribution < -0.4 is 5.43 Å². The van der Waals surface area contributed by atoms with Gasteiger partial charge in [0.2, 0.25) is 15.5 Å². The van der Waals surface area contributed by atoms with Crippen molar-refractivity contribution in [1.29, 1.82) is 0 Å². The lowest BCUT2D eigenvalue weighted by Crippen LogP contribution is -2.42. The van der Waals surface area contributed by atoms with Crippen molar-refractivity contribution in [3.8, 4) is 0 Å². The fourth-order valence-corrected chi connectivity index (χ4v) is 6.16. The highest BCUT2D eigenvalue weighted by atomic mass is 32.2. The Morgan fingerprint density at radius 3 is 2.50 bits per heavy atom. The van der Waals surface area contributed by atoms with Gasteiger partial charge in [0.1, 0.15) is 5.56 Å². The zero-order valence-corrected chi connectivity index (χ0v) is 19.9. The Morgan fingerprint density at radius 2 is 1.76 bits per heavy atom. The van der Waals surface area contributed by atoms with Crippen LogP contribution in [-0.2, 0) is 34.3 Å². The summed E-state index contributed by atoms with van der Waals surface area (Å²) in [5.74, 6) is -0.349. The van der Waals surface area contributed by atoms with Crippen molar-refractivity contribution in [3.05, 3.63) is 75.6 Å². The number of fused-ring (bicyclic) bond motifs is 2. The van der Waals surface area contributed by atoms with Gasteiger partial charge >= 0.3 is 0 Å². The molecule has 8 nitrogen and oxygen atoms in total. The van der Waals surface area contributed by atoms with Gasteiger partial charge in [0.05, 0.1) is 23.6 Å². The van der Waals surface area contributed by atoms with Gasteiger partial charge in [0.15, 0.2) is 0 Å². The van der Waals surface area contributed by atoms with Gasteiger partial charge in [-0.15, -0.1) is 0 Å². The number of pyridine rings is 1. The maximum Gasteiger partial charge on any atom is 0.259 e. The third-order valence-corrected chi connectivity index (χ3v) is 8.50. The first-order valence-corrected chi connectivity index (χ1v) is 13.0. The number of hydrogen-bond acceptors (Lipinski definition) is 5. The molecule has 34 heavy (non-hydrogen) atoms. The number of carbonyl (C=O) groups is 1. The Kier molecular flexibility index (Phi) is 6.01. The average Bonchev–Trinajstić information content (AvgIpc) is 2.88. The zero-order chi connectivity index (χ0) is 23.9. The van der Waals surface area contributed by atoms with Gasteiger partial charge < -0.3 is 14.2 Å². The van der Waals surface area contributed by atoms with E-state index in [2.05, 4.69) is 0 Å². The lowest BCUT2D eigenvalue weighted by Gasteiger charge is -2.28. The van der Waals surface area contributed by atoms with Crippen molar-refractivity contribution in [3.63, 3.8) is 0 Å². The Bertz CT molecular complexity index is 1420. The predicted molar refractivity (Wildman–Crippen MR) is 128 cm³/mol. The van der Waals surface area contributed by atoms with Crippen LogP contribution in [0, 0.1) is 0 Å². The van der Waals surface area contributed by atoms with E-state index in [0.29, 0.717) is 57.9 Å². The summed E-state index contributed by atoms with van der Waals surface area (Å²) >= 11 is 0. The van der Waals surface area contributed by atoms with Gasteiger partial charge in [-0.05, 0) is 42.7 Å². The lowest BCUT2D eigenvalue weighted by atomic mass is 10.0. The van der Waals surface area contributed by atoms with Crippen molar-refractivity contribution in [1.82, 2.24) is 13.8 Å². The molecule has 0 unspecified atom stereocenters. The van der Waals surface area contributed by atoms with Crippen LogP contribution in [0.2, 0.25) is 0 Å². The van der Waals surface area contributed by atoms with E-state index in [1.807, 2.05) is 35.8 Å². The molecule has 0 aliphatic carbocycles. The molecule has 9 heteroatoms. The molecule has 0 atom stereocenters. The average molecular weight is 482 g/mol. The molecule has 0 spiro atoms. The Morgan fingerprint density at radius 1 is 1.03 bits per heavy atom. The number of sulfonamides is 1. The summed E-state index contributed by atoms with van der Waals surface area (Å²) in [6, 6.07) is 12.5. The number of benzene rings is 2. The minimum absolute atomic E-state index is 0.0534. The fourth-order valence-electron chi connectivity index (χ4n) is 4.71. The molecular formula is C25H27N3O5S. The van der Waals surface area contributed by atoms with Crippen LogP contribution in [0.4, 0.5) is 0 Å². The van der Waals surface area contributed by atoms with Gasteiger partial charge in [-0.3, -0.25) is 9.59 Å². The standard InChI is InChI=1S/C25H27N3O5S/c1-2-26-17-22(25(30)27-11-13-33-14-12-27)24(29)21-15-20(7-8-23(21)26)34(31,32)28-10-9-18-5-3-4-6-19(18)16-28/h3-8,15,17H,2,9-14,16H2,1H3. The molecule has 3 heterocycles. The molecule has 0 radical (unpaired) electrons. The summed E-state index contributed by atoms with van der Waals surface area (Å²) in [6.07, 6.45) is 2.22. The number of carbonyl (C=O) groups excluding carboxylic acids is 1. The van der Waals surface area contributed by atoms with Crippen LogP contribution in [0.3, 0.4) is 0 Å². The number of nitrogens with zero attached hydrogens (tertiary/aromatic N) is 3. The van der Waals surface area contributed by atoms with E-state index in [0.717, 1.165) is 11.1 Å². The predicted octanol–water partition coefficient (Wildman–Crippen LogP) is 2.24. The van der Waals surface area contributed by atoms with Crippen molar-refractivity contribution < 1.29 is 17.9 Å². The lowest BCUT2D eigenvalue weighted by molar-refractivity contribution is 0.0301. The first-order chi connectivity index (χ1) is 16.4. The van der Waals surface area contributed by atoms with Crippen LogP contribution in [0.1, 0.15) is 28.4 Å². The smallest absolute Gasteiger partial charge is 0.259 e. The molecular weight excluding hydrogens is 454 g/mol.